The standard InChI is InChI=1S/C13H10FN3/c1-17(12-4-2-3-11(14)7-12)13-9-16-6-5-10(13)8-15/h2-7,9H,1H3. The molecule has 3 nitrogen and oxygen atoms in total. The quantitative estimate of drug-likeness (QED) is 0.792. The third kappa shape index (κ3) is 2.23. The lowest BCUT2D eigenvalue weighted by atomic mass is 10.2. The molecule has 0 N–H and O–H groups in total. The summed E-state index contributed by atoms with van der Waals surface area (Å²) in [6.45, 7) is 0. The zero-order valence-electron chi connectivity index (χ0n) is 9.26. The highest BCUT2D eigenvalue weighted by Crippen LogP contribution is 2.25. The van der Waals surface area contributed by atoms with E-state index >= 15 is 0 Å². The molecule has 0 amide bonds. The Balaban J connectivity index is 2.44. The predicted octanol–water partition coefficient (Wildman–Crippen LogP) is 2.86. The molecule has 2 rings (SSSR count). The van der Waals surface area contributed by atoms with Crippen LogP contribution in [0.1, 0.15) is 5.56 Å². The molecule has 0 radical (unpaired) electrons. The van der Waals surface area contributed by atoms with Gasteiger partial charge in [0.1, 0.15) is 11.9 Å². The van der Waals surface area contributed by atoms with E-state index < -0.39 is 0 Å². The van der Waals surface area contributed by atoms with Crippen LogP contribution >= 0.6 is 0 Å². The molecule has 0 aliphatic rings. The topological polar surface area (TPSA) is 39.9 Å². The first kappa shape index (κ1) is 11.1. The zero-order valence-corrected chi connectivity index (χ0v) is 9.26. The summed E-state index contributed by atoms with van der Waals surface area (Å²) >= 11 is 0. The second-order valence-electron chi connectivity index (χ2n) is 3.54. The van der Waals surface area contributed by atoms with Gasteiger partial charge in [-0.2, -0.15) is 5.26 Å². The fourth-order valence-electron chi connectivity index (χ4n) is 1.57. The van der Waals surface area contributed by atoms with Crippen molar-refractivity contribution in [2.24, 2.45) is 0 Å². The number of rotatable bonds is 2. The van der Waals surface area contributed by atoms with Crippen LogP contribution in [-0.4, -0.2) is 12.0 Å². The Morgan fingerprint density at radius 1 is 1.35 bits per heavy atom. The molecule has 84 valence electrons. The smallest absolute Gasteiger partial charge is 0.125 e. The zero-order chi connectivity index (χ0) is 12.3. The van der Waals surface area contributed by atoms with Gasteiger partial charge in [-0.05, 0) is 24.3 Å². The van der Waals surface area contributed by atoms with Gasteiger partial charge in [0.25, 0.3) is 0 Å². The van der Waals surface area contributed by atoms with Gasteiger partial charge < -0.3 is 4.90 Å². The van der Waals surface area contributed by atoms with Gasteiger partial charge >= 0.3 is 0 Å². The van der Waals surface area contributed by atoms with E-state index in [1.165, 1.54) is 12.1 Å². The fourth-order valence-corrected chi connectivity index (χ4v) is 1.57. The third-order valence-electron chi connectivity index (χ3n) is 2.48. The normalized spacial score (nSPS) is 9.71. The molecule has 0 saturated carbocycles. The third-order valence-corrected chi connectivity index (χ3v) is 2.48. The molecular formula is C13H10FN3. The fraction of sp³-hybridized carbons (Fsp3) is 0.0769. The molecular weight excluding hydrogens is 217 g/mol. The van der Waals surface area contributed by atoms with Crippen molar-refractivity contribution in [1.82, 2.24) is 4.98 Å². The van der Waals surface area contributed by atoms with Crippen molar-refractivity contribution in [2.45, 2.75) is 0 Å². The monoisotopic (exact) mass is 227 g/mol. The van der Waals surface area contributed by atoms with Crippen molar-refractivity contribution < 1.29 is 4.39 Å². The van der Waals surface area contributed by atoms with Crippen molar-refractivity contribution in [1.29, 1.82) is 5.26 Å². The maximum Gasteiger partial charge on any atom is 0.125 e. The van der Waals surface area contributed by atoms with Crippen LogP contribution in [-0.2, 0) is 0 Å². The molecule has 0 fully saturated rings. The second-order valence-corrected chi connectivity index (χ2v) is 3.54. The van der Waals surface area contributed by atoms with E-state index in [0.717, 1.165) is 0 Å². The van der Waals surface area contributed by atoms with E-state index in [0.29, 0.717) is 16.9 Å². The maximum atomic E-state index is 13.1. The molecule has 0 aliphatic carbocycles. The number of halogens is 1. The van der Waals surface area contributed by atoms with Gasteiger partial charge in [-0.3, -0.25) is 4.98 Å². The van der Waals surface area contributed by atoms with E-state index in [1.807, 2.05) is 0 Å². The van der Waals surface area contributed by atoms with Crippen LogP contribution in [0.4, 0.5) is 15.8 Å². The summed E-state index contributed by atoms with van der Waals surface area (Å²) in [5, 5.41) is 8.99. The number of benzene rings is 1. The number of hydrogen-bond acceptors (Lipinski definition) is 3. The molecule has 0 bridgehead atoms. The van der Waals surface area contributed by atoms with Crippen LogP contribution in [0.25, 0.3) is 0 Å². The molecule has 0 spiro atoms. The molecule has 1 aromatic carbocycles. The molecule has 17 heavy (non-hydrogen) atoms. The molecule has 0 saturated heterocycles. The molecule has 0 aliphatic heterocycles. The van der Waals surface area contributed by atoms with Gasteiger partial charge in [0.15, 0.2) is 0 Å². The van der Waals surface area contributed by atoms with E-state index in [1.54, 1.807) is 42.5 Å². The first-order valence-electron chi connectivity index (χ1n) is 5.06. The van der Waals surface area contributed by atoms with Crippen LogP contribution in [0.3, 0.4) is 0 Å². The number of anilines is 2. The minimum atomic E-state index is -0.309. The summed E-state index contributed by atoms with van der Waals surface area (Å²) in [5.74, 6) is -0.309. The van der Waals surface area contributed by atoms with Crippen molar-refractivity contribution in [3.63, 3.8) is 0 Å². The largest absolute Gasteiger partial charge is 0.342 e. The lowest BCUT2D eigenvalue weighted by Gasteiger charge is -2.19. The van der Waals surface area contributed by atoms with Crippen molar-refractivity contribution in [2.75, 3.05) is 11.9 Å². The predicted molar refractivity (Wildman–Crippen MR) is 63.4 cm³/mol. The van der Waals surface area contributed by atoms with E-state index in [4.69, 9.17) is 5.26 Å². The molecule has 1 heterocycles. The van der Waals surface area contributed by atoms with E-state index in [9.17, 15) is 4.39 Å². The van der Waals surface area contributed by atoms with Crippen LogP contribution in [0.15, 0.2) is 42.7 Å². The Hall–Kier alpha value is -2.41. The number of pyridine rings is 1. The SMILES string of the molecule is CN(c1cccc(F)c1)c1cnccc1C#N. The first-order valence-corrected chi connectivity index (χ1v) is 5.06. The Morgan fingerprint density at radius 3 is 2.88 bits per heavy atom. The first-order chi connectivity index (χ1) is 8.22. The van der Waals surface area contributed by atoms with Gasteiger partial charge in [-0.1, -0.05) is 6.07 Å². The molecule has 0 atom stereocenters. The summed E-state index contributed by atoms with van der Waals surface area (Å²) in [5.41, 5.74) is 1.84. The summed E-state index contributed by atoms with van der Waals surface area (Å²) in [6, 6.07) is 9.91. The van der Waals surface area contributed by atoms with Crippen LogP contribution < -0.4 is 4.90 Å². The van der Waals surface area contributed by atoms with E-state index in [-0.39, 0.29) is 5.82 Å². The Kier molecular flexibility index (Phi) is 3.01. The number of hydrogen-bond donors (Lipinski definition) is 0. The van der Waals surface area contributed by atoms with Gasteiger partial charge in [0.05, 0.1) is 17.4 Å². The highest BCUT2D eigenvalue weighted by atomic mass is 19.1. The molecule has 2 aromatic rings. The highest BCUT2D eigenvalue weighted by molar-refractivity contribution is 5.67. The minimum absolute atomic E-state index is 0.309. The van der Waals surface area contributed by atoms with Gasteiger partial charge in [0.2, 0.25) is 0 Å². The number of nitriles is 1. The number of aromatic nitrogens is 1. The van der Waals surface area contributed by atoms with Crippen LogP contribution in [0, 0.1) is 17.1 Å². The van der Waals surface area contributed by atoms with Gasteiger partial charge in [-0.15, -0.1) is 0 Å². The Morgan fingerprint density at radius 2 is 2.18 bits per heavy atom. The average Bonchev–Trinajstić information content (AvgIpc) is 2.38. The maximum absolute atomic E-state index is 13.1. The lowest BCUT2D eigenvalue weighted by Crippen LogP contribution is -2.11. The molecule has 0 unspecified atom stereocenters. The summed E-state index contributed by atoms with van der Waals surface area (Å²) in [6.07, 6.45) is 3.14. The lowest BCUT2D eigenvalue weighted by molar-refractivity contribution is 0.628. The van der Waals surface area contributed by atoms with Crippen molar-refractivity contribution >= 4 is 11.4 Å². The minimum Gasteiger partial charge on any atom is -0.342 e. The van der Waals surface area contributed by atoms with Crippen molar-refractivity contribution in [3.8, 4) is 6.07 Å². The average molecular weight is 227 g/mol. The van der Waals surface area contributed by atoms with Crippen LogP contribution in [0.2, 0.25) is 0 Å². The Labute approximate surface area is 98.8 Å². The summed E-state index contributed by atoms with van der Waals surface area (Å²) in [7, 11) is 1.77. The van der Waals surface area contributed by atoms with Gasteiger partial charge in [0, 0.05) is 18.9 Å². The number of nitrogens with zero attached hydrogens (tertiary/aromatic N) is 3. The summed E-state index contributed by atoms with van der Waals surface area (Å²) < 4.78 is 13.1. The second kappa shape index (κ2) is 4.62. The highest BCUT2D eigenvalue weighted by Gasteiger charge is 2.09. The molecule has 4 heteroatoms. The van der Waals surface area contributed by atoms with Crippen molar-refractivity contribution in [3.05, 3.63) is 54.1 Å². The molecule has 1 aromatic heterocycles. The van der Waals surface area contributed by atoms with E-state index in [2.05, 4.69) is 11.1 Å². The Bertz CT molecular complexity index is 575. The van der Waals surface area contributed by atoms with Gasteiger partial charge in [-0.25, -0.2) is 4.39 Å². The summed E-state index contributed by atoms with van der Waals surface area (Å²) in [4.78, 5) is 5.71. The van der Waals surface area contributed by atoms with Crippen LogP contribution in [0.5, 0.6) is 0 Å².